The van der Waals surface area contributed by atoms with Crippen LogP contribution in [0.1, 0.15) is 66.2 Å². The highest BCUT2D eigenvalue weighted by atomic mass is 28.4. The van der Waals surface area contributed by atoms with E-state index in [1.54, 1.807) is 0 Å². The first-order valence-corrected chi connectivity index (χ1v) is 20.6. The number of Topliss-reactive ketones (excluding diaryl/α,β-unsaturated/α-hetero) is 1. The summed E-state index contributed by atoms with van der Waals surface area (Å²) >= 11 is 0. The number of hydrogen-bond acceptors (Lipinski definition) is 8. The van der Waals surface area contributed by atoms with Crippen LogP contribution in [0, 0.1) is 0 Å². The van der Waals surface area contributed by atoms with Crippen molar-refractivity contribution in [1.29, 1.82) is 0 Å². The number of esters is 1. The van der Waals surface area contributed by atoms with Gasteiger partial charge in [-0.15, -0.1) is 0 Å². The van der Waals surface area contributed by atoms with Gasteiger partial charge in [0.25, 0.3) is 0 Å². The van der Waals surface area contributed by atoms with Crippen LogP contribution in [0.25, 0.3) is 0 Å². The fraction of sp³-hybridized carbons (Fsp3) is 0.357. The van der Waals surface area contributed by atoms with E-state index in [4.69, 9.17) is 18.6 Å². The highest BCUT2D eigenvalue weighted by Crippen LogP contribution is 2.55. The predicted molar refractivity (Wildman–Crippen MR) is 204 cm³/mol. The fourth-order valence-electron chi connectivity index (χ4n) is 6.70. The van der Waals surface area contributed by atoms with Gasteiger partial charge >= 0.3 is 12.1 Å². The number of amides is 1. The summed E-state index contributed by atoms with van der Waals surface area (Å²) in [4.78, 5) is 46.5. The van der Waals surface area contributed by atoms with E-state index in [1.807, 2.05) is 84.9 Å². The summed E-state index contributed by atoms with van der Waals surface area (Å²) in [6.45, 7) is 14.0. The van der Waals surface area contributed by atoms with Gasteiger partial charge in [-0.05, 0) is 47.3 Å². The van der Waals surface area contributed by atoms with Gasteiger partial charge in [-0.1, -0.05) is 112 Å². The van der Waals surface area contributed by atoms with Crippen molar-refractivity contribution in [2.24, 2.45) is 0 Å². The Morgan fingerprint density at radius 1 is 0.865 bits per heavy atom. The summed E-state index contributed by atoms with van der Waals surface area (Å²) in [6, 6.07) is 31.0. The molecule has 52 heavy (non-hydrogen) atoms. The highest BCUT2D eigenvalue weighted by Gasteiger charge is 2.61. The van der Waals surface area contributed by atoms with E-state index in [0.717, 1.165) is 32.8 Å². The number of hydrogen-bond donors (Lipinski definition) is 0. The van der Waals surface area contributed by atoms with Crippen molar-refractivity contribution >= 4 is 37.5 Å². The monoisotopic (exact) mass is 720 g/mol. The van der Waals surface area contributed by atoms with Crippen LogP contribution in [-0.2, 0) is 38.5 Å². The molecule has 0 saturated carbocycles. The van der Waals surface area contributed by atoms with Crippen molar-refractivity contribution in [3.63, 3.8) is 0 Å². The Morgan fingerprint density at radius 2 is 1.42 bits per heavy atom. The molecule has 2 aliphatic heterocycles. The van der Waals surface area contributed by atoms with Crippen LogP contribution in [0.15, 0.2) is 97.1 Å². The molecule has 10 heteroatoms. The standard InChI is InChI=1S/C42H48N2O7Si/c1-41(2,3)52(6,7)51-28-32-25-43(24-29-17-11-8-12-18-29)33-23-34(49-26-30-19-13-9-14-20-30)37-36(35(32)33)38(45)42(4,39(46)48-5)44(37)40(47)50-27-31-21-15-10-16-22-31/h8-23,32H,24-28H2,1-7H3/t32-,42+/m0/s1. The second-order valence-electron chi connectivity index (χ2n) is 15.2. The second-order valence-corrected chi connectivity index (χ2v) is 20.0. The van der Waals surface area contributed by atoms with E-state index in [-0.39, 0.29) is 35.4 Å². The number of nitrogens with zero attached hydrogens (tertiary/aromatic N) is 2. The number of fused-ring (bicyclic) bond motifs is 3. The van der Waals surface area contributed by atoms with Crippen LogP contribution < -0.4 is 14.5 Å². The molecular weight excluding hydrogens is 673 g/mol. The van der Waals surface area contributed by atoms with Crippen LogP contribution in [-0.4, -0.2) is 52.0 Å². The van der Waals surface area contributed by atoms with Gasteiger partial charge in [-0.2, -0.15) is 0 Å². The van der Waals surface area contributed by atoms with E-state index in [0.29, 0.717) is 25.4 Å². The Balaban J connectivity index is 1.53. The lowest BCUT2D eigenvalue weighted by molar-refractivity contribution is -0.144. The number of rotatable bonds is 11. The van der Waals surface area contributed by atoms with Crippen molar-refractivity contribution in [1.82, 2.24) is 0 Å². The Kier molecular flexibility index (Phi) is 10.3. The van der Waals surface area contributed by atoms with Gasteiger partial charge in [0.15, 0.2) is 8.32 Å². The van der Waals surface area contributed by atoms with Gasteiger partial charge in [-0.25, -0.2) is 14.5 Å². The summed E-state index contributed by atoms with van der Waals surface area (Å²) in [5, 5.41) is -0.0339. The second kappa shape index (κ2) is 14.6. The fourth-order valence-corrected chi connectivity index (χ4v) is 7.75. The Morgan fingerprint density at radius 3 is 1.98 bits per heavy atom. The molecule has 0 spiro atoms. The van der Waals surface area contributed by atoms with E-state index in [1.165, 1.54) is 14.0 Å². The number of anilines is 2. The summed E-state index contributed by atoms with van der Waals surface area (Å²) in [5.74, 6) is -1.37. The van der Waals surface area contributed by atoms with E-state index >= 15 is 4.79 Å². The van der Waals surface area contributed by atoms with Gasteiger partial charge in [0.05, 0.1) is 12.7 Å². The van der Waals surface area contributed by atoms with Crippen molar-refractivity contribution in [2.75, 3.05) is 30.1 Å². The van der Waals surface area contributed by atoms with Crippen molar-refractivity contribution < 1.29 is 33.0 Å². The Labute approximate surface area is 307 Å². The quantitative estimate of drug-likeness (QED) is 0.0864. The number of methoxy groups -OCH3 is 1. The number of ether oxygens (including phenoxy) is 3. The maximum Gasteiger partial charge on any atom is 0.416 e. The highest BCUT2D eigenvalue weighted by molar-refractivity contribution is 6.74. The molecule has 0 radical (unpaired) electrons. The number of carbonyl (C=O) groups excluding carboxylic acids is 3. The molecule has 0 unspecified atom stereocenters. The van der Waals surface area contributed by atoms with E-state index < -0.39 is 31.7 Å². The SMILES string of the molecule is COC(=O)[C@@]1(C)C(=O)c2c3c(cc(OCc4ccccc4)c2N1C(=O)OCc1ccccc1)N(Cc1ccccc1)C[C@H]3CO[Si](C)(C)C(C)(C)C. The average molecular weight is 721 g/mol. The minimum atomic E-state index is -2.21. The van der Waals surface area contributed by atoms with Crippen LogP contribution >= 0.6 is 0 Å². The third-order valence-electron chi connectivity index (χ3n) is 10.7. The van der Waals surface area contributed by atoms with Crippen LogP contribution in [0.3, 0.4) is 0 Å². The molecule has 0 saturated heterocycles. The van der Waals surface area contributed by atoms with Crippen molar-refractivity contribution in [3.05, 3.63) is 125 Å². The summed E-state index contributed by atoms with van der Waals surface area (Å²) in [7, 11) is -0.992. The molecule has 0 bridgehead atoms. The predicted octanol–water partition coefficient (Wildman–Crippen LogP) is 8.66. The molecule has 2 heterocycles. The number of ketones is 1. The summed E-state index contributed by atoms with van der Waals surface area (Å²) in [5.41, 5.74) is 2.69. The normalized spacial score (nSPS) is 18.2. The maximum atomic E-state index is 15.0. The topological polar surface area (TPSA) is 94.6 Å². The molecule has 1 amide bonds. The van der Waals surface area contributed by atoms with E-state index in [2.05, 4.69) is 50.9 Å². The van der Waals surface area contributed by atoms with Crippen molar-refractivity contribution in [3.8, 4) is 5.75 Å². The first kappa shape index (κ1) is 36.8. The molecular formula is C42H48N2O7Si. The molecule has 2 atom stereocenters. The van der Waals surface area contributed by atoms with Crippen LogP contribution in [0.5, 0.6) is 5.75 Å². The lowest BCUT2D eigenvalue weighted by atomic mass is 9.88. The van der Waals surface area contributed by atoms with Crippen LogP contribution in [0.2, 0.25) is 18.1 Å². The first-order chi connectivity index (χ1) is 24.8. The number of carbonyl (C=O) groups is 3. The van der Waals surface area contributed by atoms with Gasteiger partial charge in [0, 0.05) is 37.4 Å². The molecule has 6 rings (SSSR count). The third kappa shape index (κ3) is 6.97. The van der Waals surface area contributed by atoms with Gasteiger partial charge in [0.2, 0.25) is 11.3 Å². The minimum Gasteiger partial charge on any atom is -0.487 e. The zero-order valence-corrected chi connectivity index (χ0v) is 32.1. The maximum absolute atomic E-state index is 15.0. The molecule has 2 aliphatic rings. The Hall–Kier alpha value is -4.93. The molecule has 0 aromatic heterocycles. The molecule has 0 aliphatic carbocycles. The van der Waals surface area contributed by atoms with Crippen LogP contribution in [0.4, 0.5) is 16.2 Å². The average Bonchev–Trinajstić information content (AvgIpc) is 3.60. The summed E-state index contributed by atoms with van der Waals surface area (Å²) < 4.78 is 24.5. The Bertz CT molecular complexity index is 1930. The smallest absolute Gasteiger partial charge is 0.416 e. The molecule has 9 nitrogen and oxygen atoms in total. The molecule has 0 fully saturated rings. The zero-order chi connectivity index (χ0) is 37.3. The van der Waals surface area contributed by atoms with Gasteiger partial charge in [-0.3, -0.25) is 4.79 Å². The van der Waals surface area contributed by atoms with E-state index in [9.17, 15) is 9.59 Å². The van der Waals surface area contributed by atoms with Gasteiger partial charge in [0.1, 0.15) is 24.7 Å². The summed E-state index contributed by atoms with van der Waals surface area (Å²) in [6.07, 6.45) is -0.860. The van der Waals surface area contributed by atoms with Crippen molar-refractivity contribution in [2.45, 2.75) is 77.0 Å². The molecule has 4 aromatic rings. The molecule has 0 N–H and O–H groups in total. The first-order valence-electron chi connectivity index (χ1n) is 17.7. The third-order valence-corrected chi connectivity index (χ3v) is 15.2. The minimum absolute atomic E-state index is 0.0339. The van der Waals surface area contributed by atoms with Gasteiger partial charge < -0.3 is 23.5 Å². The molecule has 272 valence electrons. The lowest BCUT2D eigenvalue weighted by Gasteiger charge is -2.37. The molecule has 4 aromatic carbocycles. The largest absolute Gasteiger partial charge is 0.487 e. The zero-order valence-electron chi connectivity index (χ0n) is 31.1. The number of benzene rings is 4. The lowest BCUT2D eigenvalue weighted by Crippen LogP contribution is -2.57.